The molecule has 7 nitrogen and oxygen atoms in total. The number of aliphatic imine (C=N–C) groups is 1. The van der Waals surface area contributed by atoms with E-state index < -0.39 is 0 Å². The van der Waals surface area contributed by atoms with Crippen LogP contribution in [0.2, 0.25) is 0 Å². The highest BCUT2D eigenvalue weighted by molar-refractivity contribution is 5.78. The lowest BCUT2D eigenvalue weighted by atomic mass is 10.2. The van der Waals surface area contributed by atoms with E-state index in [1.54, 1.807) is 0 Å². The van der Waals surface area contributed by atoms with Crippen molar-refractivity contribution in [3.8, 4) is 0 Å². The molecule has 0 aromatic carbocycles. The molecule has 0 bridgehead atoms. The Balaban J connectivity index is 1.67. The van der Waals surface area contributed by atoms with E-state index in [0.29, 0.717) is 12.5 Å². The fraction of sp³-hybridized carbons (Fsp3) is 0.769. The van der Waals surface area contributed by atoms with Crippen molar-refractivity contribution in [3.05, 3.63) is 11.6 Å². The first-order valence-electron chi connectivity index (χ1n) is 7.38. The number of aromatic nitrogens is 3. The van der Waals surface area contributed by atoms with Gasteiger partial charge in [0.1, 0.15) is 12.4 Å². The van der Waals surface area contributed by atoms with Gasteiger partial charge in [-0.25, -0.2) is 4.99 Å². The second-order valence-electron chi connectivity index (χ2n) is 5.27. The molecule has 1 saturated heterocycles. The van der Waals surface area contributed by atoms with Gasteiger partial charge in [0.05, 0.1) is 13.2 Å². The largest absolute Gasteiger partial charge is 0.378 e. The molecule has 3 rings (SSSR count). The number of morpholine rings is 1. The van der Waals surface area contributed by atoms with Crippen LogP contribution in [0, 0.1) is 0 Å². The first-order chi connectivity index (χ1) is 9.84. The molecule has 2 aliphatic rings. The minimum absolute atomic E-state index is 0.510. The zero-order valence-corrected chi connectivity index (χ0v) is 11.8. The van der Waals surface area contributed by atoms with E-state index >= 15 is 0 Å². The number of hydrogen-bond donors (Lipinski definition) is 1. The molecule has 2 aliphatic heterocycles. The predicted octanol–water partition coefficient (Wildman–Crippen LogP) is 0.151. The highest BCUT2D eigenvalue weighted by Crippen LogP contribution is 2.14. The van der Waals surface area contributed by atoms with Crippen LogP contribution in [0.3, 0.4) is 0 Å². The maximum absolute atomic E-state index is 6.03. The number of aryl methyl sites for hydroxylation is 1. The average molecular weight is 278 g/mol. The number of nitrogens with two attached hydrogens (primary N) is 1. The van der Waals surface area contributed by atoms with E-state index in [2.05, 4.69) is 24.7 Å². The van der Waals surface area contributed by atoms with Crippen molar-refractivity contribution in [2.75, 3.05) is 26.3 Å². The first kappa shape index (κ1) is 13.4. The Labute approximate surface area is 118 Å². The highest BCUT2D eigenvalue weighted by atomic mass is 16.5. The Morgan fingerprint density at radius 3 is 2.85 bits per heavy atom. The van der Waals surface area contributed by atoms with Gasteiger partial charge >= 0.3 is 0 Å². The standard InChI is InChI=1S/C13H22N6O/c14-13(18-6-8-20-9-7-18)15-10-12-17-16-11-4-2-1-3-5-19(11)12/h1-10H2,(H2,14,15). The third-order valence-electron chi connectivity index (χ3n) is 3.90. The number of hydrogen-bond acceptors (Lipinski definition) is 4. The van der Waals surface area contributed by atoms with E-state index in [4.69, 9.17) is 10.5 Å². The molecular formula is C13H22N6O. The Kier molecular flexibility index (Phi) is 4.15. The Morgan fingerprint density at radius 2 is 2.00 bits per heavy atom. The van der Waals surface area contributed by atoms with Crippen LogP contribution in [0.4, 0.5) is 0 Å². The molecule has 7 heteroatoms. The molecule has 0 amide bonds. The Bertz CT molecular complexity index is 477. The summed E-state index contributed by atoms with van der Waals surface area (Å²) in [6, 6.07) is 0. The van der Waals surface area contributed by atoms with Gasteiger partial charge < -0.3 is 19.9 Å². The SMILES string of the molecule is NC(=NCc1nnc2n1CCCCC2)N1CCOCC1. The topological polar surface area (TPSA) is 81.6 Å². The van der Waals surface area contributed by atoms with Crippen molar-refractivity contribution in [1.29, 1.82) is 0 Å². The minimum atomic E-state index is 0.510. The summed E-state index contributed by atoms with van der Waals surface area (Å²) in [6.45, 7) is 4.58. The number of guanidine groups is 1. The van der Waals surface area contributed by atoms with Gasteiger partial charge in [-0.3, -0.25) is 0 Å². The lowest BCUT2D eigenvalue weighted by Gasteiger charge is -2.27. The van der Waals surface area contributed by atoms with Gasteiger partial charge in [-0.2, -0.15) is 0 Å². The quantitative estimate of drug-likeness (QED) is 0.615. The first-order valence-corrected chi connectivity index (χ1v) is 7.38. The van der Waals surface area contributed by atoms with E-state index in [-0.39, 0.29) is 0 Å². The third kappa shape index (κ3) is 2.92. The van der Waals surface area contributed by atoms with Crippen LogP contribution in [-0.4, -0.2) is 51.9 Å². The van der Waals surface area contributed by atoms with Gasteiger partial charge in [-0.1, -0.05) is 6.42 Å². The van der Waals surface area contributed by atoms with Gasteiger partial charge in [0.2, 0.25) is 0 Å². The van der Waals surface area contributed by atoms with Crippen LogP contribution in [0.5, 0.6) is 0 Å². The molecule has 0 saturated carbocycles. The maximum atomic E-state index is 6.03. The zero-order chi connectivity index (χ0) is 13.8. The summed E-state index contributed by atoms with van der Waals surface area (Å²) >= 11 is 0. The molecule has 3 heterocycles. The zero-order valence-electron chi connectivity index (χ0n) is 11.8. The lowest BCUT2D eigenvalue weighted by molar-refractivity contribution is 0.0674. The number of ether oxygens (including phenoxy) is 1. The maximum Gasteiger partial charge on any atom is 0.191 e. The molecule has 0 unspecified atom stereocenters. The molecule has 1 aromatic rings. The lowest BCUT2D eigenvalue weighted by Crippen LogP contribution is -2.44. The summed E-state index contributed by atoms with van der Waals surface area (Å²) in [5.74, 6) is 2.61. The normalized spacial score (nSPS) is 20.6. The van der Waals surface area contributed by atoms with E-state index in [1.807, 2.05) is 0 Å². The summed E-state index contributed by atoms with van der Waals surface area (Å²) in [4.78, 5) is 6.53. The summed E-state index contributed by atoms with van der Waals surface area (Å²) in [6.07, 6.45) is 4.69. The van der Waals surface area contributed by atoms with Crippen molar-refractivity contribution < 1.29 is 4.74 Å². The predicted molar refractivity (Wildman–Crippen MR) is 75.3 cm³/mol. The summed E-state index contributed by atoms with van der Waals surface area (Å²) in [5.41, 5.74) is 6.03. The van der Waals surface area contributed by atoms with Crippen LogP contribution in [0.25, 0.3) is 0 Å². The van der Waals surface area contributed by atoms with Gasteiger partial charge in [0.25, 0.3) is 0 Å². The third-order valence-corrected chi connectivity index (χ3v) is 3.90. The van der Waals surface area contributed by atoms with Crippen LogP contribution in [0.1, 0.15) is 30.9 Å². The molecule has 110 valence electrons. The molecule has 0 aliphatic carbocycles. The van der Waals surface area contributed by atoms with Crippen molar-refractivity contribution in [1.82, 2.24) is 19.7 Å². The fourth-order valence-electron chi connectivity index (χ4n) is 2.71. The van der Waals surface area contributed by atoms with Crippen LogP contribution in [-0.2, 0) is 24.2 Å². The Morgan fingerprint density at radius 1 is 1.15 bits per heavy atom. The van der Waals surface area contributed by atoms with Gasteiger partial charge in [-0.05, 0) is 12.8 Å². The summed E-state index contributed by atoms with van der Waals surface area (Å²) < 4.78 is 7.52. The molecule has 2 N–H and O–H groups in total. The summed E-state index contributed by atoms with van der Waals surface area (Å²) in [7, 11) is 0. The smallest absolute Gasteiger partial charge is 0.191 e. The van der Waals surface area contributed by atoms with Crippen LogP contribution >= 0.6 is 0 Å². The van der Waals surface area contributed by atoms with E-state index in [1.165, 1.54) is 19.3 Å². The fourth-order valence-corrected chi connectivity index (χ4v) is 2.71. The number of rotatable bonds is 2. The van der Waals surface area contributed by atoms with Crippen LogP contribution < -0.4 is 5.73 Å². The molecule has 0 radical (unpaired) electrons. The minimum Gasteiger partial charge on any atom is -0.378 e. The molecule has 0 spiro atoms. The molecular weight excluding hydrogens is 256 g/mol. The molecule has 0 atom stereocenters. The highest BCUT2D eigenvalue weighted by Gasteiger charge is 2.15. The Hall–Kier alpha value is -1.63. The number of nitrogens with zero attached hydrogens (tertiary/aromatic N) is 5. The molecule has 1 fully saturated rings. The van der Waals surface area contributed by atoms with E-state index in [0.717, 1.165) is 50.9 Å². The number of fused-ring (bicyclic) bond motifs is 1. The van der Waals surface area contributed by atoms with Gasteiger partial charge in [0, 0.05) is 26.1 Å². The van der Waals surface area contributed by atoms with Crippen molar-refractivity contribution in [3.63, 3.8) is 0 Å². The second-order valence-corrected chi connectivity index (χ2v) is 5.27. The average Bonchev–Trinajstić information content (AvgIpc) is 2.72. The van der Waals surface area contributed by atoms with E-state index in [9.17, 15) is 0 Å². The van der Waals surface area contributed by atoms with Gasteiger partial charge in [-0.15, -0.1) is 10.2 Å². The molecule has 20 heavy (non-hydrogen) atoms. The van der Waals surface area contributed by atoms with Crippen molar-refractivity contribution in [2.24, 2.45) is 10.7 Å². The second kappa shape index (κ2) is 6.21. The van der Waals surface area contributed by atoms with Crippen LogP contribution in [0.15, 0.2) is 4.99 Å². The molecule has 1 aromatic heterocycles. The van der Waals surface area contributed by atoms with Crippen molar-refractivity contribution >= 4 is 5.96 Å². The van der Waals surface area contributed by atoms with Crippen molar-refractivity contribution in [2.45, 2.75) is 38.8 Å². The summed E-state index contributed by atoms with van der Waals surface area (Å²) in [5, 5.41) is 8.54. The monoisotopic (exact) mass is 278 g/mol. The van der Waals surface area contributed by atoms with Gasteiger partial charge in [0.15, 0.2) is 11.8 Å².